The first-order chi connectivity index (χ1) is 21.4. The number of hydrogen-bond acceptors (Lipinski definition) is 8. The molecule has 1 aliphatic carbocycles. The largest absolute Gasteiger partial charge is 0.449 e. The van der Waals surface area contributed by atoms with Crippen molar-refractivity contribution in [2.45, 2.75) is 78.0 Å². The van der Waals surface area contributed by atoms with Crippen LogP contribution >= 0.6 is 0 Å². The fourth-order valence-electron chi connectivity index (χ4n) is 6.07. The van der Waals surface area contributed by atoms with Gasteiger partial charge in [-0.15, -0.1) is 0 Å². The van der Waals surface area contributed by atoms with E-state index in [0.717, 1.165) is 19.5 Å². The molecule has 0 bridgehead atoms. The number of aliphatic hydroxyl groups is 1. The van der Waals surface area contributed by atoms with E-state index in [9.17, 15) is 28.7 Å². The average Bonchev–Trinajstić information content (AvgIpc) is 3.49. The van der Waals surface area contributed by atoms with Crippen LogP contribution in [-0.2, 0) is 19.1 Å². The Bertz CT molecular complexity index is 1120. The van der Waals surface area contributed by atoms with E-state index in [2.05, 4.69) is 4.90 Å². The molecule has 0 saturated carbocycles. The van der Waals surface area contributed by atoms with Crippen molar-refractivity contribution in [3.63, 3.8) is 0 Å². The van der Waals surface area contributed by atoms with E-state index in [4.69, 9.17) is 9.47 Å². The van der Waals surface area contributed by atoms with E-state index in [-0.39, 0.29) is 36.9 Å². The third kappa shape index (κ3) is 10.8. The van der Waals surface area contributed by atoms with Gasteiger partial charge in [0, 0.05) is 45.1 Å². The first kappa shape index (κ1) is 36.4. The van der Waals surface area contributed by atoms with Crippen molar-refractivity contribution >= 4 is 23.8 Å². The van der Waals surface area contributed by atoms with Crippen LogP contribution in [0, 0.1) is 23.7 Å². The van der Waals surface area contributed by atoms with E-state index in [1.807, 2.05) is 46.0 Å². The zero-order valence-corrected chi connectivity index (χ0v) is 27.5. The Hall–Kier alpha value is -3.05. The van der Waals surface area contributed by atoms with Gasteiger partial charge in [-0.3, -0.25) is 9.59 Å². The second kappa shape index (κ2) is 17.6. The quantitative estimate of drug-likeness (QED) is 0.246. The molecular weight excluding hydrogens is 581 g/mol. The second-order valence-corrected chi connectivity index (χ2v) is 13.1. The number of allylic oxidation sites excluding steroid dienone is 4. The van der Waals surface area contributed by atoms with E-state index in [1.54, 1.807) is 24.0 Å². The molecule has 0 spiro atoms. The van der Waals surface area contributed by atoms with Crippen molar-refractivity contribution in [2.24, 2.45) is 23.7 Å². The number of rotatable bonds is 7. The Morgan fingerprint density at radius 1 is 1.07 bits per heavy atom. The number of alkyl halides is 1. The van der Waals surface area contributed by atoms with Gasteiger partial charge in [0.15, 0.2) is 0 Å². The fourth-order valence-corrected chi connectivity index (χ4v) is 6.07. The van der Waals surface area contributed by atoms with Crippen molar-refractivity contribution in [3.8, 4) is 0 Å². The van der Waals surface area contributed by atoms with Crippen LogP contribution in [0.5, 0.6) is 0 Å². The summed E-state index contributed by atoms with van der Waals surface area (Å²) in [5.74, 6) is -2.57. The van der Waals surface area contributed by atoms with Gasteiger partial charge in [-0.2, -0.15) is 0 Å². The Kier molecular flexibility index (Phi) is 14.2. The predicted octanol–water partition coefficient (Wildman–Crippen LogP) is 4.58. The number of nitrogens with zero attached hydrogens (tertiary/aromatic N) is 3. The minimum Gasteiger partial charge on any atom is -0.449 e. The van der Waals surface area contributed by atoms with Crippen LogP contribution < -0.4 is 0 Å². The topological polar surface area (TPSA) is 117 Å². The Morgan fingerprint density at radius 2 is 1.78 bits per heavy atom. The van der Waals surface area contributed by atoms with Crippen molar-refractivity contribution in [2.75, 3.05) is 53.1 Å². The van der Waals surface area contributed by atoms with Gasteiger partial charge in [-0.05, 0) is 57.6 Å². The molecule has 45 heavy (non-hydrogen) atoms. The van der Waals surface area contributed by atoms with Crippen molar-refractivity contribution in [1.29, 1.82) is 0 Å². The van der Waals surface area contributed by atoms with Crippen LogP contribution in [0.3, 0.4) is 0 Å². The van der Waals surface area contributed by atoms with E-state index >= 15 is 0 Å². The molecule has 2 fully saturated rings. The maximum atomic E-state index is 13.4. The normalized spacial score (nSPS) is 31.0. The lowest BCUT2D eigenvalue weighted by atomic mass is 9.80. The van der Waals surface area contributed by atoms with Gasteiger partial charge in [-0.25, -0.2) is 14.0 Å². The monoisotopic (exact) mass is 633 g/mol. The first-order valence-corrected chi connectivity index (χ1v) is 16.3. The number of ketones is 2. The van der Waals surface area contributed by atoms with E-state index in [0.29, 0.717) is 44.5 Å². The highest BCUT2D eigenvalue weighted by Gasteiger charge is 2.33. The van der Waals surface area contributed by atoms with Gasteiger partial charge in [0.1, 0.15) is 12.8 Å². The molecule has 2 saturated heterocycles. The first-order valence-electron chi connectivity index (χ1n) is 16.3. The molecule has 0 aromatic rings. The summed E-state index contributed by atoms with van der Waals surface area (Å²) in [5.41, 5.74) is 0.666. The number of halogens is 1. The van der Waals surface area contributed by atoms with E-state index in [1.165, 1.54) is 4.90 Å². The van der Waals surface area contributed by atoms with Gasteiger partial charge in [-0.1, -0.05) is 50.6 Å². The molecule has 0 unspecified atom stereocenters. The summed E-state index contributed by atoms with van der Waals surface area (Å²) in [5, 5.41) is 10.6. The predicted molar refractivity (Wildman–Crippen MR) is 169 cm³/mol. The van der Waals surface area contributed by atoms with Crippen LogP contribution in [0.25, 0.3) is 0 Å². The average molecular weight is 634 g/mol. The Morgan fingerprint density at radius 3 is 2.47 bits per heavy atom. The maximum absolute atomic E-state index is 13.4. The summed E-state index contributed by atoms with van der Waals surface area (Å²) in [6.07, 6.45) is 8.63. The molecule has 2 amide bonds. The molecule has 1 N–H and O–H groups in total. The lowest BCUT2D eigenvalue weighted by molar-refractivity contribution is -0.140. The lowest BCUT2D eigenvalue weighted by Crippen LogP contribution is -2.48. The van der Waals surface area contributed by atoms with Crippen LogP contribution in [0.1, 0.15) is 59.8 Å². The second-order valence-electron chi connectivity index (χ2n) is 13.1. The summed E-state index contributed by atoms with van der Waals surface area (Å²) < 4.78 is 24.5. The number of aliphatic hydroxyl groups excluding tert-OH is 1. The molecule has 11 heteroatoms. The minimum absolute atomic E-state index is 0.105. The number of likely N-dealkylation sites (N-methyl/N-ethyl adjacent to an activating group) is 1. The lowest BCUT2D eigenvalue weighted by Gasteiger charge is -2.33. The Balaban J connectivity index is 1.71. The zero-order chi connectivity index (χ0) is 33.1. The molecular formula is C34H52FN3O7. The van der Waals surface area contributed by atoms with Gasteiger partial charge in [0.25, 0.3) is 0 Å². The number of amides is 2. The number of carbonyl (C=O) groups is 4. The SMILES string of the molecule is C/C(=C\C=C\[C@@H](C)COC(=O)N1CCC[C@@H]1CF)[C@H]1C(=O)C(=O)C[C@@H](O)CC[C@@H](C)[C@@H](OC(=O)N2CCN(C)CC2)/C=C/[C@@H]1C. The summed E-state index contributed by atoms with van der Waals surface area (Å²) in [4.78, 5) is 57.0. The third-order valence-electron chi connectivity index (χ3n) is 9.17. The number of likely N-dealkylation sites (tertiary alicyclic amines) is 1. The Labute approximate surface area is 267 Å². The highest BCUT2D eigenvalue weighted by molar-refractivity contribution is 6.38. The molecule has 3 aliphatic rings. The number of Topliss-reactive ketones (excluding diaryl/α,β-unsaturated/α-hetero) is 2. The van der Waals surface area contributed by atoms with Crippen molar-refractivity contribution in [1.82, 2.24) is 14.7 Å². The molecule has 0 radical (unpaired) electrons. The standard InChI is InChI=1S/C34H52FN3O7/c1-23(22-44-34(43)38-15-7-10-27(38)21-35)8-6-9-25(3)31-26(4)12-14-30(45-33(42)37-18-16-36(5)17-19-37)24(2)11-13-28(39)20-29(40)32(31)41/h6,8-9,12,14,23-24,26-28,30-31,39H,7,10-11,13,15-22H2,1-5H3/b8-6+,14-12+,25-9+/t23-,24-,26+,27-,28+,30+,31-/m1/s1. The van der Waals surface area contributed by atoms with Gasteiger partial charge < -0.3 is 29.3 Å². The molecule has 2 heterocycles. The number of ether oxygens (including phenoxy) is 2. The molecule has 0 aromatic heterocycles. The minimum atomic E-state index is -0.967. The van der Waals surface area contributed by atoms with E-state index < -0.39 is 48.5 Å². The highest BCUT2D eigenvalue weighted by atomic mass is 19.1. The molecule has 3 rings (SSSR count). The molecule has 10 nitrogen and oxygen atoms in total. The molecule has 252 valence electrons. The van der Waals surface area contributed by atoms with Crippen LogP contribution in [0.2, 0.25) is 0 Å². The number of piperazine rings is 1. The fraction of sp³-hybridized carbons (Fsp3) is 0.706. The van der Waals surface area contributed by atoms with Gasteiger partial charge in [0.05, 0.1) is 24.7 Å². The summed E-state index contributed by atoms with van der Waals surface area (Å²) in [6.45, 7) is 10.2. The summed E-state index contributed by atoms with van der Waals surface area (Å²) in [7, 11) is 2.01. The zero-order valence-electron chi connectivity index (χ0n) is 27.5. The van der Waals surface area contributed by atoms with Crippen LogP contribution in [0.15, 0.2) is 36.0 Å². The summed E-state index contributed by atoms with van der Waals surface area (Å²) >= 11 is 0. The summed E-state index contributed by atoms with van der Waals surface area (Å²) in [6, 6.07) is -0.417. The maximum Gasteiger partial charge on any atom is 0.410 e. The van der Waals surface area contributed by atoms with Gasteiger partial charge >= 0.3 is 12.2 Å². The number of carbonyl (C=O) groups excluding carboxylic acids is 4. The smallest absolute Gasteiger partial charge is 0.410 e. The van der Waals surface area contributed by atoms with Gasteiger partial charge in [0.2, 0.25) is 11.6 Å². The van der Waals surface area contributed by atoms with Crippen molar-refractivity contribution < 1.29 is 38.1 Å². The van der Waals surface area contributed by atoms with Crippen LogP contribution in [0.4, 0.5) is 14.0 Å². The molecule has 0 aromatic carbocycles. The van der Waals surface area contributed by atoms with Crippen molar-refractivity contribution in [3.05, 3.63) is 36.0 Å². The third-order valence-corrected chi connectivity index (χ3v) is 9.17. The number of hydrogen-bond donors (Lipinski definition) is 1. The molecule has 2 aliphatic heterocycles. The van der Waals surface area contributed by atoms with Crippen LogP contribution in [-0.4, -0.2) is 115 Å². The highest BCUT2D eigenvalue weighted by Crippen LogP contribution is 2.28. The molecule has 7 atom stereocenters.